The number of carbonyl (C=O) groups excluding carboxylic acids is 3. The van der Waals surface area contributed by atoms with E-state index in [0.717, 1.165) is 5.56 Å². The first-order chi connectivity index (χ1) is 16.7. The molecule has 12 heteroatoms. The molecule has 1 aromatic heterocycles. The van der Waals surface area contributed by atoms with Gasteiger partial charge in [-0.25, -0.2) is 9.59 Å². The van der Waals surface area contributed by atoms with Crippen LogP contribution in [0.4, 0.5) is 5.69 Å². The van der Waals surface area contributed by atoms with Crippen molar-refractivity contribution in [1.29, 1.82) is 0 Å². The number of carbonyl (C=O) groups is 3. The number of nitrogens with one attached hydrogen (secondary N) is 1. The molecule has 0 aliphatic carbocycles. The molecule has 0 radical (unpaired) electrons. The fourth-order valence-corrected chi connectivity index (χ4v) is 3.80. The molecule has 35 heavy (non-hydrogen) atoms. The number of rotatable bonds is 9. The summed E-state index contributed by atoms with van der Waals surface area (Å²) in [7, 11) is 4.21. The highest BCUT2D eigenvalue weighted by atomic mass is 35.5. The first-order valence-electron chi connectivity index (χ1n) is 10.2. The number of esters is 2. The predicted octanol–water partition coefficient (Wildman–Crippen LogP) is 3.66. The van der Waals surface area contributed by atoms with Crippen molar-refractivity contribution < 1.29 is 28.6 Å². The third-order valence-electron chi connectivity index (χ3n) is 4.81. The van der Waals surface area contributed by atoms with Gasteiger partial charge in [-0.05, 0) is 48.9 Å². The molecule has 3 aromatic rings. The summed E-state index contributed by atoms with van der Waals surface area (Å²) >= 11 is 7.21. The number of nitrogens with zero attached hydrogens (tertiary/aromatic N) is 3. The molecule has 1 heterocycles. The Morgan fingerprint density at radius 3 is 2.29 bits per heavy atom. The minimum absolute atomic E-state index is 0.0131. The van der Waals surface area contributed by atoms with E-state index in [1.807, 2.05) is 13.0 Å². The van der Waals surface area contributed by atoms with Crippen LogP contribution in [0, 0.1) is 6.92 Å². The van der Waals surface area contributed by atoms with E-state index in [9.17, 15) is 14.4 Å². The number of benzene rings is 2. The van der Waals surface area contributed by atoms with Crippen molar-refractivity contribution in [2.75, 3.05) is 25.3 Å². The van der Waals surface area contributed by atoms with Gasteiger partial charge < -0.3 is 24.1 Å². The van der Waals surface area contributed by atoms with Crippen LogP contribution < -0.4 is 10.1 Å². The van der Waals surface area contributed by atoms with E-state index in [1.165, 1.54) is 44.2 Å². The average molecular weight is 519 g/mol. The molecular weight excluding hydrogens is 496 g/mol. The molecular formula is C23H23ClN4O6S. The third-order valence-corrected chi connectivity index (χ3v) is 6.26. The summed E-state index contributed by atoms with van der Waals surface area (Å²) in [5, 5.41) is 12.1. The Morgan fingerprint density at radius 1 is 1.03 bits per heavy atom. The van der Waals surface area contributed by atoms with Gasteiger partial charge >= 0.3 is 11.9 Å². The Kier molecular flexibility index (Phi) is 8.72. The molecule has 0 saturated carbocycles. The SMILES string of the molecule is COC(=O)c1cc(NC(=O)CSc2nnc(COc3ccc(Cl)c(C)c3)n2C)cc(C(=O)OC)c1. The summed E-state index contributed by atoms with van der Waals surface area (Å²) in [6.45, 7) is 2.08. The summed E-state index contributed by atoms with van der Waals surface area (Å²) in [4.78, 5) is 36.3. The van der Waals surface area contributed by atoms with E-state index in [2.05, 4.69) is 15.5 Å². The van der Waals surface area contributed by atoms with Gasteiger partial charge in [0.2, 0.25) is 5.91 Å². The maximum Gasteiger partial charge on any atom is 0.337 e. The van der Waals surface area contributed by atoms with Crippen molar-refractivity contribution in [3.05, 3.63) is 63.9 Å². The van der Waals surface area contributed by atoms with Gasteiger partial charge in [-0.3, -0.25) is 4.79 Å². The maximum atomic E-state index is 12.5. The Bertz CT molecular complexity index is 1230. The predicted molar refractivity (Wildman–Crippen MR) is 130 cm³/mol. The van der Waals surface area contributed by atoms with Crippen LogP contribution in [-0.2, 0) is 27.9 Å². The molecule has 0 aliphatic rings. The Labute approximate surface area is 210 Å². The van der Waals surface area contributed by atoms with Gasteiger partial charge in [-0.2, -0.15) is 0 Å². The lowest BCUT2D eigenvalue weighted by molar-refractivity contribution is -0.113. The van der Waals surface area contributed by atoms with E-state index in [4.69, 9.17) is 25.8 Å². The van der Waals surface area contributed by atoms with Crippen molar-refractivity contribution in [3.8, 4) is 5.75 Å². The van der Waals surface area contributed by atoms with Crippen LogP contribution in [-0.4, -0.2) is 52.6 Å². The van der Waals surface area contributed by atoms with E-state index in [0.29, 0.717) is 21.8 Å². The standard InChI is InChI=1S/C23H23ClN4O6S/c1-13-7-17(5-6-18(13)24)34-11-19-26-27-23(28(19)2)35-12-20(29)25-16-9-14(21(30)32-3)8-15(10-16)22(31)33-4/h5-10H,11-12H2,1-4H3,(H,25,29). The van der Waals surface area contributed by atoms with E-state index in [-0.39, 0.29) is 35.1 Å². The van der Waals surface area contributed by atoms with Gasteiger partial charge in [0, 0.05) is 17.8 Å². The minimum Gasteiger partial charge on any atom is -0.486 e. The van der Waals surface area contributed by atoms with Gasteiger partial charge in [-0.1, -0.05) is 23.4 Å². The molecule has 3 rings (SSSR count). The molecule has 184 valence electrons. The third kappa shape index (κ3) is 6.74. The number of hydrogen-bond acceptors (Lipinski definition) is 9. The van der Waals surface area contributed by atoms with Crippen molar-refractivity contribution in [2.45, 2.75) is 18.7 Å². The smallest absolute Gasteiger partial charge is 0.337 e. The highest BCUT2D eigenvalue weighted by molar-refractivity contribution is 7.99. The van der Waals surface area contributed by atoms with Gasteiger partial charge in [0.15, 0.2) is 11.0 Å². The molecule has 0 fully saturated rings. The molecule has 0 aliphatic heterocycles. The lowest BCUT2D eigenvalue weighted by Gasteiger charge is -2.10. The Hall–Kier alpha value is -3.57. The number of ether oxygens (including phenoxy) is 3. The van der Waals surface area contributed by atoms with Crippen molar-refractivity contribution in [2.24, 2.45) is 7.05 Å². The molecule has 2 aromatic carbocycles. The van der Waals surface area contributed by atoms with Crippen molar-refractivity contribution in [1.82, 2.24) is 14.8 Å². The van der Waals surface area contributed by atoms with Gasteiger partial charge in [0.05, 0.1) is 31.1 Å². The fraction of sp³-hybridized carbons (Fsp3) is 0.261. The molecule has 0 bridgehead atoms. The van der Waals surface area contributed by atoms with E-state index < -0.39 is 11.9 Å². The van der Waals surface area contributed by atoms with Crippen molar-refractivity contribution >= 4 is 46.9 Å². The molecule has 0 saturated heterocycles. The summed E-state index contributed by atoms with van der Waals surface area (Å²) in [5.74, 6) is -0.422. The van der Waals surface area contributed by atoms with Crippen LogP contribution in [0.5, 0.6) is 5.75 Å². The lowest BCUT2D eigenvalue weighted by Crippen LogP contribution is -2.16. The van der Waals surface area contributed by atoms with Crippen molar-refractivity contribution in [3.63, 3.8) is 0 Å². The summed E-state index contributed by atoms with van der Waals surface area (Å²) < 4.78 is 16.9. The summed E-state index contributed by atoms with van der Waals surface area (Å²) in [6, 6.07) is 9.52. The number of halogens is 1. The molecule has 0 atom stereocenters. The van der Waals surface area contributed by atoms with Gasteiger partial charge in [0.1, 0.15) is 12.4 Å². The Balaban J connectivity index is 1.62. The zero-order valence-corrected chi connectivity index (χ0v) is 21.0. The molecule has 0 unspecified atom stereocenters. The van der Waals surface area contributed by atoms with Crippen LogP contribution in [0.3, 0.4) is 0 Å². The number of methoxy groups -OCH3 is 2. The van der Waals surface area contributed by atoms with Crippen LogP contribution >= 0.6 is 23.4 Å². The number of anilines is 1. The second kappa shape index (κ2) is 11.7. The number of thioether (sulfide) groups is 1. The minimum atomic E-state index is -0.650. The quantitative estimate of drug-likeness (QED) is 0.334. The van der Waals surface area contributed by atoms with E-state index in [1.54, 1.807) is 23.7 Å². The largest absolute Gasteiger partial charge is 0.486 e. The normalized spacial score (nSPS) is 10.5. The number of aromatic nitrogens is 3. The highest BCUT2D eigenvalue weighted by Gasteiger charge is 2.16. The number of amides is 1. The van der Waals surface area contributed by atoms with Crippen LogP contribution in [0.1, 0.15) is 32.1 Å². The first-order valence-corrected chi connectivity index (χ1v) is 11.6. The first kappa shape index (κ1) is 26.0. The van der Waals surface area contributed by atoms with Gasteiger partial charge in [-0.15, -0.1) is 10.2 Å². The zero-order chi connectivity index (χ0) is 25.5. The number of aryl methyl sites for hydroxylation is 1. The zero-order valence-electron chi connectivity index (χ0n) is 19.5. The molecule has 1 amide bonds. The summed E-state index contributed by atoms with van der Waals surface area (Å²) in [5.41, 5.74) is 1.36. The van der Waals surface area contributed by atoms with Crippen LogP contribution in [0.15, 0.2) is 41.6 Å². The maximum absolute atomic E-state index is 12.5. The second-order valence-corrected chi connectivity index (χ2v) is 8.63. The fourth-order valence-electron chi connectivity index (χ4n) is 2.95. The second-order valence-electron chi connectivity index (χ2n) is 7.28. The topological polar surface area (TPSA) is 122 Å². The number of hydrogen-bond donors (Lipinski definition) is 1. The molecule has 10 nitrogen and oxygen atoms in total. The van der Waals surface area contributed by atoms with E-state index >= 15 is 0 Å². The monoisotopic (exact) mass is 518 g/mol. The lowest BCUT2D eigenvalue weighted by atomic mass is 10.1. The van der Waals surface area contributed by atoms with Gasteiger partial charge in [0.25, 0.3) is 0 Å². The molecule has 1 N–H and O–H groups in total. The Morgan fingerprint density at radius 2 is 1.69 bits per heavy atom. The highest BCUT2D eigenvalue weighted by Crippen LogP contribution is 2.23. The average Bonchev–Trinajstić information content (AvgIpc) is 3.21. The van der Waals surface area contributed by atoms with Crippen LogP contribution in [0.2, 0.25) is 5.02 Å². The summed E-state index contributed by atoms with van der Waals surface area (Å²) in [6.07, 6.45) is 0. The molecule has 0 spiro atoms. The van der Waals surface area contributed by atoms with Crippen LogP contribution in [0.25, 0.3) is 0 Å².